The number of nitriles is 1. The van der Waals surface area contributed by atoms with Gasteiger partial charge in [-0.3, -0.25) is 4.79 Å². The molecule has 0 amide bonds. The normalized spacial score (nSPS) is 29.6. The Balaban J connectivity index is 1.56. The Labute approximate surface area is 335 Å². The molecular formula is C46H56N2O9. The molecule has 11 heteroatoms. The molecular weight excluding hydrogens is 725 g/mol. The number of methoxy groups -OCH3 is 1. The lowest BCUT2D eigenvalue weighted by molar-refractivity contribution is -0.181. The van der Waals surface area contributed by atoms with E-state index in [9.17, 15) is 15.2 Å². The first kappa shape index (κ1) is 40.4. The van der Waals surface area contributed by atoms with Gasteiger partial charge in [-0.2, -0.15) is 5.26 Å². The topological polar surface area (TPSA) is 160 Å². The molecule has 1 saturated heterocycles. The monoisotopic (exact) mass is 780 g/mol. The van der Waals surface area contributed by atoms with Crippen LogP contribution in [0.15, 0.2) is 58.1 Å². The van der Waals surface area contributed by atoms with Crippen molar-refractivity contribution in [2.75, 3.05) is 20.3 Å². The molecule has 3 saturated carbocycles. The van der Waals surface area contributed by atoms with E-state index in [1.54, 1.807) is 13.0 Å². The Morgan fingerprint density at radius 2 is 1.81 bits per heavy atom. The maximum atomic E-state index is 15.3. The SMILES string of the molecule is COC(=O)/C(C)=C\CC12OC(C)(C)C3CC(C1=O)C1C(C#N)=C(N)OC4=C1C32Oc1c(CC=C(C)C)c2c(c(OCCCCO)c14)C=CC(C)(CCC=C(C)C)O2. The Morgan fingerprint density at radius 1 is 1.07 bits per heavy atom. The van der Waals surface area contributed by atoms with Gasteiger partial charge in [-0.1, -0.05) is 29.4 Å². The number of rotatable bonds is 13. The molecule has 4 aliphatic heterocycles. The van der Waals surface area contributed by atoms with Gasteiger partial charge in [0.05, 0.1) is 30.5 Å². The standard InChI is InChI=1S/C46H56N2O9/c1-25(2)13-12-18-44(8)19-17-29-36(55-44)28(15-14-26(3)4)38-34(37(29)53-22-11-10-21-49)39-35-33(31(24-47)41(48)54-39)30-23-32-43(6,7)57-45(40(30)50,46(32,35)56-38)20-16-27(5)42(51)52-9/h13-14,16-17,19,30,32-33,49H,10-12,15,18,20-23,48H2,1-9H3/b27-16-. The first-order valence-electron chi connectivity index (χ1n) is 20.1. The number of ketones is 1. The third kappa shape index (κ3) is 6.13. The summed E-state index contributed by atoms with van der Waals surface area (Å²) in [5.74, 6) is -0.632. The predicted molar refractivity (Wildman–Crippen MR) is 215 cm³/mol. The number of allylic oxidation sites excluding steroid dienone is 5. The molecule has 6 unspecified atom stereocenters. The van der Waals surface area contributed by atoms with Gasteiger partial charge in [0.1, 0.15) is 40.2 Å². The minimum atomic E-state index is -1.60. The highest BCUT2D eigenvalue weighted by Crippen LogP contribution is 2.74. The summed E-state index contributed by atoms with van der Waals surface area (Å²) in [6.45, 7) is 16.2. The van der Waals surface area contributed by atoms with E-state index in [0.717, 1.165) is 29.5 Å². The molecule has 4 fully saturated rings. The van der Waals surface area contributed by atoms with E-state index in [0.29, 0.717) is 65.4 Å². The maximum Gasteiger partial charge on any atom is 0.333 e. The van der Waals surface area contributed by atoms with Crippen LogP contribution in [0.1, 0.15) is 111 Å². The summed E-state index contributed by atoms with van der Waals surface area (Å²) in [5, 5.41) is 20.3. The number of nitrogens with two attached hydrogens (primary N) is 1. The molecule has 1 aromatic rings. The zero-order valence-corrected chi connectivity index (χ0v) is 34.7. The number of carbonyl (C=O) groups excluding carboxylic acids is 2. The molecule has 1 aromatic carbocycles. The van der Waals surface area contributed by atoms with Crippen molar-refractivity contribution >= 4 is 23.6 Å². The summed E-state index contributed by atoms with van der Waals surface area (Å²) >= 11 is 0. The van der Waals surface area contributed by atoms with Crippen molar-refractivity contribution in [1.29, 1.82) is 5.26 Å². The fourth-order valence-corrected chi connectivity index (χ4v) is 10.1. The van der Waals surface area contributed by atoms with Crippen molar-refractivity contribution in [2.24, 2.45) is 23.5 Å². The van der Waals surface area contributed by atoms with Crippen molar-refractivity contribution in [1.82, 2.24) is 0 Å². The third-order valence-electron chi connectivity index (χ3n) is 12.7. The fraction of sp³-hybridized carbons (Fsp3) is 0.543. The lowest BCUT2D eigenvalue weighted by Gasteiger charge is -2.61. The van der Waals surface area contributed by atoms with Gasteiger partial charge in [0, 0.05) is 47.5 Å². The molecule has 57 heavy (non-hydrogen) atoms. The van der Waals surface area contributed by atoms with Crippen LogP contribution < -0.4 is 19.9 Å². The van der Waals surface area contributed by atoms with E-state index >= 15 is 4.79 Å². The molecule has 4 bridgehead atoms. The number of aliphatic hydroxyl groups is 1. The second-order valence-electron chi connectivity index (χ2n) is 17.5. The predicted octanol–water partition coefficient (Wildman–Crippen LogP) is 7.72. The molecule has 3 aliphatic carbocycles. The zero-order chi connectivity index (χ0) is 41.2. The van der Waals surface area contributed by atoms with E-state index in [1.165, 1.54) is 12.7 Å². The minimum absolute atomic E-state index is 0.0174. The van der Waals surface area contributed by atoms with E-state index in [2.05, 4.69) is 51.1 Å². The molecule has 11 nitrogen and oxygen atoms in total. The van der Waals surface area contributed by atoms with Gasteiger partial charge < -0.3 is 39.3 Å². The van der Waals surface area contributed by atoms with E-state index in [4.69, 9.17) is 34.2 Å². The van der Waals surface area contributed by atoms with Crippen LogP contribution in [0.5, 0.6) is 17.2 Å². The van der Waals surface area contributed by atoms with Crippen LogP contribution in [-0.2, 0) is 30.2 Å². The number of hydrogen-bond donors (Lipinski definition) is 2. The lowest BCUT2D eigenvalue weighted by Crippen LogP contribution is -2.75. The van der Waals surface area contributed by atoms with Gasteiger partial charge in [0.15, 0.2) is 17.0 Å². The van der Waals surface area contributed by atoms with Crippen LogP contribution in [0.4, 0.5) is 0 Å². The molecule has 0 radical (unpaired) electrons. The number of nitrogens with zero attached hydrogens (tertiary/aromatic N) is 1. The molecule has 8 rings (SSSR count). The lowest BCUT2D eigenvalue weighted by atomic mass is 9.45. The van der Waals surface area contributed by atoms with Crippen LogP contribution in [-0.4, -0.2) is 59.6 Å². The number of aliphatic hydroxyl groups excluding tert-OH is 1. The number of unbranched alkanes of at least 4 members (excludes halogenated alkanes) is 1. The summed E-state index contributed by atoms with van der Waals surface area (Å²) in [7, 11) is 1.32. The number of carbonyl (C=O) groups is 2. The maximum absolute atomic E-state index is 15.3. The first-order valence-corrected chi connectivity index (χ1v) is 20.1. The van der Waals surface area contributed by atoms with Crippen LogP contribution in [0.3, 0.4) is 0 Å². The number of esters is 1. The molecule has 0 aromatic heterocycles. The average Bonchev–Trinajstić information content (AvgIpc) is 3.30. The smallest absolute Gasteiger partial charge is 0.333 e. The zero-order valence-electron chi connectivity index (χ0n) is 34.7. The molecule has 6 atom stereocenters. The van der Waals surface area contributed by atoms with Crippen molar-refractivity contribution in [3.8, 4) is 23.3 Å². The Morgan fingerprint density at radius 3 is 2.47 bits per heavy atom. The van der Waals surface area contributed by atoms with Gasteiger partial charge in [-0.05, 0) is 106 Å². The second-order valence-corrected chi connectivity index (χ2v) is 17.5. The van der Waals surface area contributed by atoms with E-state index in [-0.39, 0.29) is 42.8 Å². The highest BCUT2D eigenvalue weighted by Gasteiger charge is 2.84. The van der Waals surface area contributed by atoms with Crippen LogP contribution in [0, 0.1) is 29.1 Å². The summed E-state index contributed by atoms with van der Waals surface area (Å²) in [4.78, 5) is 28.0. The van der Waals surface area contributed by atoms with Gasteiger partial charge >= 0.3 is 5.97 Å². The van der Waals surface area contributed by atoms with E-state index in [1.807, 2.05) is 27.7 Å². The first-order chi connectivity index (χ1) is 27.0. The molecule has 4 heterocycles. The fourth-order valence-electron chi connectivity index (χ4n) is 10.1. The van der Waals surface area contributed by atoms with Crippen molar-refractivity contribution in [2.45, 2.75) is 123 Å². The van der Waals surface area contributed by atoms with Gasteiger partial charge in [-0.25, -0.2) is 4.79 Å². The van der Waals surface area contributed by atoms with Gasteiger partial charge in [0.2, 0.25) is 5.88 Å². The number of benzene rings is 1. The molecule has 304 valence electrons. The second kappa shape index (κ2) is 14.5. The average molecular weight is 781 g/mol. The van der Waals surface area contributed by atoms with Crippen LogP contribution in [0.2, 0.25) is 0 Å². The minimum Gasteiger partial charge on any atom is -0.492 e. The molecule has 3 N–H and O–H groups in total. The van der Waals surface area contributed by atoms with Crippen LogP contribution >= 0.6 is 0 Å². The highest BCUT2D eigenvalue weighted by molar-refractivity contribution is 6.01. The van der Waals surface area contributed by atoms with Crippen molar-refractivity contribution in [3.05, 3.63) is 74.7 Å². The van der Waals surface area contributed by atoms with Gasteiger partial charge in [-0.15, -0.1) is 0 Å². The largest absolute Gasteiger partial charge is 0.492 e. The number of hydrogen-bond acceptors (Lipinski definition) is 11. The van der Waals surface area contributed by atoms with E-state index < -0.39 is 40.2 Å². The molecule has 1 spiro atoms. The summed E-state index contributed by atoms with van der Waals surface area (Å²) < 4.78 is 40.3. The quantitative estimate of drug-likeness (QED) is 0.0874. The van der Waals surface area contributed by atoms with Crippen molar-refractivity contribution < 1.29 is 43.1 Å². The third-order valence-corrected chi connectivity index (χ3v) is 12.7. The van der Waals surface area contributed by atoms with Gasteiger partial charge in [0.25, 0.3) is 0 Å². The highest BCUT2D eigenvalue weighted by atomic mass is 16.6. The summed E-state index contributed by atoms with van der Waals surface area (Å²) in [6, 6.07) is 2.29. The Hall–Kier alpha value is -4.79. The Bertz CT molecular complexity index is 2140. The van der Waals surface area contributed by atoms with Crippen LogP contribution in [0.25, 0.3) is 11.8 Å². The summed E-state index contributed by atoms with van der Waals surface area (Å²) in [5.41, 5.74) is 7.55. The molecule has 7 aliphatic rings. The number of ether oxygens (including phenoxy) is 6. The summed E-state index contributed by atoms with van der Waals surface area (Å²) in [6.07, 6.45) is 13.6. The Kier molecular flexibility index (Phi) is 10.3. The number of Topliss-reactive ketones (excluding diaryl/α,β-unsaturated/α-hetero) is 1. The number of fused-ring (bicyclic) bond motifs is 3. The van der Waals surface area contributed by atoms with Crippen molar-refractivity contribution in [3.63, 3.8) is 0 Å².